The van der Waals surface area contributed by atoms with Crippen LogP contribution in [0.1, 0.15) is 21.6 Å². The number of phenols is 1. The number of aryl methyl sites for hydroxylation is 1. The standard InChI is InChI=1S/C20H20FN7O2/c1-11-16-17(20(30)26-28-7-5-27(2)6-8-28)14(10-22)18(23-19(16)25-24-11)13-4-3-12(29)9-15(13)21/h3-4,9,29H,5-8H2,1-2H3,(H,26,30)(H,23,24,25). The number of H-pyrrole nitrogens is 1. The van der Waals surface area contributed by atoms with E-state index in [-0.39, 0.29) is 33.8 Å². The van der Waals surface area contributed by atoms with Crippen molar-refractivity contribution >= 4 is 16.9 Å². The normalized spacial score (nSPS) is 15.3. The number of aromatic hydroxyl groups is 1. The molecule has 4 rings (SSSR count). The number of hydrazine groups is 1. The SMILES string of the molecule is Cc1[nH]nc2nc(-c3ccc(O)cc3F)c(C#N)c(C(=O)NN3CCN(C)CC3)c12. The van der Waals surface area contributed by atoms with Crippen LogP contribution in [0.15, 0.2) is 18.2 Å². The summed E-state index contributed by atoms with van der Waals surface area (Å²) in [6, 6.07) is 5.57. The molecule has 0 spiro atoms. The maximum absolute atomic E-state index is 14.5. The number of hydrogen-bond donors (Lipinski definition) is 3. The van der Waals surface area contributed by atoms with E-state index < -0.39 is 11.7 Å². The van der Waals surface area contributed by atoms with Gasteiger partial charge in [0.15, 0.2) is 5.65 Å². The highest BCUT2D eigenvalue weighted by Crippen LogP contribution is 2.33. The average Bonchev–Trinajstić information content (AvgIpc) is 3.08. The fourth-order valence-electron chi connectivity index (χ4n) is 3.55. The fourth-order valence-corrected chi connectivity index (χ4v) is 3.55. The van der Waals surface area contributed by atoms with E-state index in [9.17, 15) is 19.6 Å². The van der Waals surface area contributed by atoms with E-state index in [4.69, 9.17) is 0 Å². The number of fused-ring (bicyclic) bond motifs is 1. The van der Waals surface area contributed by atoms with Gasteiger partial charge in [0.05, 0.1) is 22.2 Å². The number of nitrogens with one attached hydrogen (secondary N) is 2. The monoisotopic (exact) mass is 409 g/mol. The van der Waals surface area contributed by atoms with Crippen molar-refractivity contribution in [3.05, 3.63) is 40.8 Å². The molecule has 1 saturated heterocycles. The quantitative estimate of drug-likeness (QED) is 0.600. The van der Waals surface area contributed by atoms with Crippen molar-refractivity contribution in [2.24, 2.45) is 0 Å². The minimum atomic E-state index is -0.754. The molecule has 3 N–H and O–H groups in total. The number of aromatic amines is 1. The lowest BCUT2D eigenvalue weighted by atomic mass is 9.97. The second kappa shape index (κ2) is 7.70. The Labute approximate surface area is 171 Å². The Balaban J connectivity index is 1.86. The number of nitrogens with zero attached hydrogens (tertiary/aromatic N) is 5. The van der Waals surface area contributed by atoms with E-state index in [0.717, 1.165) is 19.2 Å². The maximum Gasteiger partial charge on any atom is 0.267 e. The molecular weight excluding hydrogens is 389 g/mol. The third-order valence-corrected chi connectivity index (χ3v) is 5.19. The minimum absolute atomic E-state index is 0.000510. The summed E-state index contributed by atoms with van der Waals surface area (Å²) in [5.74, 6) is -1.48. The van der Waals surface area contributed by atoms with Crippen molar-refractivity contribution in [3.63, 3.8) is 0 Å². The molecule has 9 nitrogen and oxygen atoms in total. The summed E-state index contributed by atoms with van der Waals surface area (Å²) in [6.07, 6.45) is 0. The molecule has 3 aromatic rings. The molecule has 0 atom stereocenters. The van der Waals surface area contributed by atoms with Crippen molar-refractivity contribution in [3.8, 4) is 23.1 Å². The zero-order chi connectivity index (χ0) is 21.4. The highest BCUT2D eigenvalue weighted by Gasteiger charge is 2.27. The molecule has 1 amide bonds. The number of carbonyl (C=O) groups is 1. The highest BCUT2D eigenvalue weighted by molar-refractivity contribution is 6.10. The van der Waals surface area contributed by atoms with Gasteiger partial charge < -0.3 is 10.0 Å². The van der Waals surface area contributed by atoms with Crippen molar-refractivity contribution in [2.75, 3.05) is 33.2 Å². The predicted octanol–water partition coefficient (Wildman–Crippen LogP) is 1.54. The van der Waals surface area contributed by atoms with Crippen molar-refractivity contribution in [2.45, 2.75) is 6.92 Å². The summed E-state index contributed by atoms with van der Waals surface area (Å²) in [5, 5.41) is 28.5. The first-order valence-corrected chi connectivity index (χ1v) is 9.41. The molecule has 30 heavy (non-hydrogen) atoms. The number of likely N-dealkylation sites (N-methyl/N-ethyl adjacent to an activating group) is 1. The van der Waals surface area contributed by atoms with Gasteiger partial charge in [0, 0.05) is 43.5 Å². The van der Waals surface area contributed by atoms with E-state index >= 15 is 0 Å². The lowest BCUT2D eigenvalue weighted by molar-refractivity contribution is 0.0664. The van der Waals surface area contributed by atoms with Gasteiger partial charge in [0.2, 0.25) is 0 Å². The maximum atomic E-state index is 14.5. The van der Waals surface area contributed by atoms with Gasteiger partial charge in [-0.3, -0.25) is 15.3 Å². The van der Waals surface area contributed by atoms with Gasteiger partial charge in [-0.15, -0.1) is 0 Å². The zero-order valence-corrected chi connectivity index (χ0v) is 16.5. The molecule has 1 aliphatic rings. The number of rotatable bonds is 3. The van der Waals surface area contributed by atoms with Gasteiger partial charge in [-0.1, -0.05) is 0 Å². The third kappa shape index (κ3) is 3.45. The Hall–Kier alpha value is -3.55. The van der Waals surface area contributed by atoms with Gasteiger partial charge in [-0.05, 0) is 26.1 Å². The lowest BCUT2D eigenvalue weighted by Crippen LogP contribution is -2.52. The minimum Gasteiger partial charge on any atom is -0.508 e. The highest BCUT2D eigenvalue weighted by atomic mass is 19.1. The summed E-state index contributed by atoms with van der Waals surface area (Å²) < 4.78 is 14.5. The van der Waals surface area contributed by atoms with Crippen LogP contribution < -0.4 is 5.43 Å². The van der Waals surface area contributed by atoms with Crippen LogP contribution in [0.5, 0.6) is 5.75 Å². The van der Waals surface area contributed by atoms with Crippen molar-refractivity contribution in [1.82, 2.24) is 30.5 Å². The third-order valence-electron chi connectivity index (χ3n) is 5.19. The second-order valence-corrected chi connectivity index (χ2v) is 7.26. The molecule has 3 heterocycles. The van der Waals surface area contributed by atoms with E-state index in [2.05, 4.69) is 25.5 Å². The smallest absolute Gasteiger partial charge is 0.267 e. The largest absolute Gasteiger partial charge is 0.508 e. The average molecular weight is 409 g/mol. The number of carbonyl (C=O) groups excluding carboxylic acids is 1. The lowest BCUT2D eigenvalue weighted by Gasteiger charge is -2.32. The van der Waals surface area contributed by atoms with Crippen LogP contribution in [0.4, 0.5) is 4.39 Å². The summed E-state index contributed by atoms with van der Waals surface area (Å²) in [4.78, 5) is 19.7. The molecule has 2 aromatic heterocycles. The molecular formula is C20H20FN7O2. The number of phenolic OH excluding ortho intramolecular Hbond substituents is 1. The van der Waals surface area contributed by atoms with E-state index in [0.29, 0.717) is 24.2 Å². The number of amides is 1. The Morgan fingerprint density at radius 1 is 1.33 bits per heavy atom. The molecule has 0 radical (unpaired) electrons. The van der Waals surface area contributed by atoms with Gasteiger partial charge >= 0.3 is 0 Å². The Morgan fingerprint density at radius 3 is 2.73 bits per heavy atom. The first-order valence-electron chi connectivity index (χ1n) is 9.41. The van der Waals surface area contributed by atoms with Crippen LogP contribution in [0.25, 0.3) is 22.3 Å². The van der Waals surface area contributed by atoms with Crippen LogP contribution >= 0.6 is 0 Å². The van der Waals surface area contributed by atoms with Crippen LogP contribution in [0.2, 0.25) is 0 Å². The molecule has 0 saturated carbocycles. The molecule has 1 aromatic carbocycles. The first kappa shape index (κ1) is 19.8. The Kier molecular flexibility index (Phi) is 5.07. The number of benzene rings is 1. The number of aromatic nitrogens is 3. The van der Waals surface area contributed by atoms with Crippen LogP contribution in [-0.4, -0.2) is 69.3 Å². The van der Waals surface area contributed by atoms with Crippen molar-refractivity contribution < 1.29 is 14.3 Å². The molecule has 0 aliphatic carbocycles. The molecule has 0 unspecified atom stereocenters. The van der Waals surface area contributed by atoms with Crippen LogP contribution in [-0.2, 0) is 0 Å². The zero-order valence-electron chi connectivity index (χ0n) is 16.5. The summed E-state index contributed by atoms with van der Waals surface area (Å²) in [7, 11) is 2.01. The second-order valence-electron chi connectivity index (χ2n) is 7.26. The number of hydrogen-bond acceptors (Lipinski definition) is 7. The molecule has 10 heteroatoms. The summed E-state index contributed by atoms with van der Waals surface area (Å²) in [6.45, 7) is 4.60. The summed E-state index contributed by atoms with van der Waals surface area (Å²) in [5.41, 5.74) is 3.68. The Bertz CT molecular complexity index is 1180. The molecule has 0 bridgehead atoms. The summed E-state index contributed by atoms with van der Waals surface area (Å²) >= 11 is 0. The van der Waals surface area contributed by atoms with Gasteiger partial charge in [-0.2, -0.15) is 10.4 Å². The van der Waals surface area contributed by atoms with Crippen molar-refractivity contribution in [1.29, 1.82) is 5.26 Å². The van der Waals surface area contributed by atoms with Gasteiger partial charge in [-0.25, -0.2) is 14.4 Å². The molecule has 1 aliphatic heterocycles. The topological polar surface area (TPSA) is 121 Å². The van der Waals surface area contributed by atoms with E-state index in [1.807, 2.05) is 13.1 Å². The van der Waals surface area contributed by atoms with Crippen LogP contribution in [0, 0.1) is 24.1 Å². The number of pyridine rings is 1. The number of halogens is 1. The van der Waals surface area contributed by atoms with Gasteiger partial charge in [0.25, 0.3) is 5.91 Å². The molecule has 1 fully saturated rings. The van der Waals surface area contributed by atoms with E-state index in [1.54, 1.807) is 11.9 Å². The number of piperazine rings is 1. The Morgan fingerprint density at radius 2 is 2.07 bits per heavy atom. The fraction of sp³-hybridized carbons (Fsp3) is 0.300. The van der Waals surface area contributed by atoms with Gasteiger partial charge in [0.1, 0.15) is 17.6 Å². The van der Waals surface area contributed by atoms with Crippen LogP contribution in [0.3, 0.4) is 0 Å². The predicted molar refractivity (Wildman–Crippen MR) is 107 cm³/mol. The first-order chi connectivity index (χ1) is 14.4. The van der Waals surface area contributed by atoms with E-state index in [1.165, 1.54) is 12.1 Å². The number of nitriles is 1. The molecule has 154 valence electrons.